The van der Waals surface area contributed by atoms with E-state index in [0.717, 1.165) is 0 Å². The van der Waals surface area contributed by atoms with Crippen LogP contribution in [0.15, 0.2) is 48.6 Å². The molecule has 0 radical (unpaired) electrons. The fourth-order valence-corrected chi connectivity index (χ4v) is 8.10. The van der Waals surface area contributed by atoms with E-state index in [1.165, 1.54) is 11.8 Å². The Labute approximate surface area is 215 Å². The lowest BCUT2D eigenvalue weighted by atomic mass is 9.78. The summed E-state index contributed by atoms with van der Waals surface area (Å²) in [4.78, 5) is 44.9. The molecule has 6 atom stereocenters. The Morgan fingerprint density at radius 2 is 1.92 bits per heavy atom. The van der Waals surface area contributed by atoms with E-state index in [-0.39, 0.29) is 36.2 Å². The van der Waals surface area contributed by atoms with Gasteiger partial charge in [-0.1, -0.05) is 38.2 Å². The number of benzene rings is 1. The van der Waals surface area contributed by atoms with Crippen molar-refractivity contribution in [2.75, 3.05) is 31.8 Å². The number of carbonyl (C=O) groups is 3. The predicted molar refractivity (Wildman–Crippen MR) is 137 cm³/mol. The number of nitrogens with zero attached hydrogens (tertiary/aromatic N) is 2. The van der Waals surface area contributed by atoms with Gasteiger partial charge in [-0.2, -0.15) is 0 Å². The summed E-state index contributed by atoms with van der Waals surface area (Å²) in [5.74, 6) is -1.44. The van der Waals surface area contributed by atoms with Crippen LogP contribution in [0.3, 0.4) is 0 Å². The average molecular weight is 513 g/mol. The summed E-state index contributed by atoms with van der Waals surface area (Å²) in [5.41, 5.74) is 0.694. The minimum absolute atomic E-state index is 0.181. The highest BCUT2D eigenvalue weighted by Crippen LogP contribution is 2.61. The molecule has 2 saturated heterocycles. The molecule has 192 valence electrons. The van der Waals surface area contributed by atoms with Crippen LogP contribution in [0.4, 0.5) is 5.69 Å². The van der Waals surface area contributed by atoms with Crippen LogP contribution in [-0.2, 0) is 19.1 Å². The van der Waals surface area contributed by atoms with Crippen LogP contribution >= 0.6 is 11.8 Å². The Bertz CT molecular complexity index is 1100. The van der Waals surface area contributed by atoms with Crippen molar-refractivity contribution in [3.63, 3.8) is 0 Å². The molecular weight excluding hydrogens is 480 g/mol. The molecule has 0 saturated carbocycles. The van der Waals surface area contributed by atoms with Crippen molar-refractivity contribution in [1.29, 1.82) is 0 Å². The summed E-state index contributed by atoms with van der Waals surface area (Å²) in [6, 6.07) is 5.85. The van der Waals surface area contributed by atoms with Crippen molar-refractivity contribution >= 4 is 35.2 Å². The minimum atomic E-state index is -0.935. The summed E-state index contributed by atoms with van der Waals surface area (Å²) in [5, 5.41) is 10.1. The molecule has 1 unspecified atom stereocenters. The molecule has 1 spiro atoms. The second kappa shape index (κ2) is 9.59. The molecule has 2 amide bonds. The molecule has 0 aliphatic carbocycles. The van der Waals surface area contributed by atoms with Crippen molar-refractivity contribution in [1.82, 2.24) is 4.90 Å². The zero-order valence-electron chi connectivity index (χ0n) is 20.7. The van der Waals surface area contributed by atoms with Crippen molar-refractivity contribution in [2.45, 2.75) is 42.3 Å². The lowest BCUT2D eigenvalue weighted by molar-refractivity contribution is -0.152. The van der Waals surface area contributed by atoms with Gasteiger partial charge in [-0.3, -0.25) is 14.4 Å². The number of hydrogen-bond donors (Lipinski definition) is 1. The van der Waals surface area contributed by atoms with E-state index in [2.05, 4.69) is 0 Å². The molecule has 0 bridgehead atoms. The fourth-order valence-electron chi connectivity index (χ4n) is 6.12. The van der Waals surface area contributed by atoms with E-state index in [1.807, 2.05) is 50.3 Å². The van der Waals surface area contributed by atoms with Crippen LogP contribution < -0.4 is 9.64 Å². The zero-order valence-corrected chi connectivity index (χ0v) is 21.5. The fraction of sp³-hybridized carbons (Fsp3) is 0.519. The highest BCUT2D eigenvalue weighted by Gasteiger charge is 2.71. The summed E-state index contributed by atoms with van der Waals surface area (Å²) < 4.78 is 9.75. The first kappa shape index (κ1) is 24.9. The van der Waals surface area contributed by atoms with Crippen LogP contribution in [0.5, 0.6) is 5.75 Å². The van der Waals surface area contributed by atoms with Gasteiger partial charge in [-0.15, -0.1) is 11.8 Å². The number of likely N-dealkylation sites (tertiary alicyclic amines) is 1. The standard InChI is InChI=1S/C27H32N2O6S/c1-16(2)14-18(15-30)29-23-25(32)28(17-7-9-19(34-3)10-8-17)12-5-11-27(23)22(24(29)31)21-20(36-27)6-4-13-35-26(21)33/h4-11,16,18,20-23,30H,12-15H2,1-3H3/t18-,20-,21+,22+,23?,27+/m1/s1. The van der Waals surface area contributed by atoms with Crippen LogP contribution in [0.2, 0.25) is 0 Å². The van der Waals surface area contributed by atoms with Gasteiger partial charge < -0.3 is 24.4 Å². The van der Waals surface area contributed by atoms with Crippen molar-refractivity contribution in [2.24, 2.45) is 17.8 Å². The zero-order chi connectivity index (χ0) is 25.6. The van der Waals surface area contributed by atoms with Gasteiger partial charge in [0.15, 0.2) is 0 Å². The number of thioether (sulfide) groups is 1. The van der Waals surface area contributed by atoms with E-state index < -0.39 is 34.6 Å². The number of aliphatic hydroxyl groups excluding tert-OH is 1. The number of fused-ring (bicyclic) bond motifs is 2. The SMILES string of the molecule is COc1ccc(N2CC=C[C@]34S[C@@H]5C=CCOC(=O)[C@@H]5[C@H]3C(=O)N([C@@H](CO)CC(C)C)C4C2=O)cc1. The Balaban J connectivity index is 1.62. The molecule has 36 heavy (non-hydrogen) atoms. The number of cyclic esters (lactones) is 1. The molecule has 4 aliphatic rings. The maximum atomic E-state index is 14.4. The Kier molecular flexibility index (Phi) is 6.63. The van der Waals surface area contributed by atoms with Crippen molar-refractivity contribution in [3.05, 3.63) is 48.6 Å². The van der Waals surface area contributed by atoms with E-state index in [1.54, 1.807) is 29.0 Å². The first-order valence-corrected chi connectivity index (χ1v) is 13.3. The maximum absolute atomic E-state index is 14.4. The molecule has 1 aromatic rings. The molecule has 9 heteroatoms. The number of amides is 2. The molecular formula is C27H32N2O6S. The number of ether oxygens (including phenoxy) is 2. The van der Waals surface area contributed by atoms with Gasteiger partial charge in [0.2, 0.25) is 5.91 Å². The van der Waals surface area contributed by atoms with Crippen molar-refractivity contribution < 1.29 is 29.0 Å². The third kappa shape index (κ3) is 3.84. The molecule has 5 rings (SSSR count). The van der Waals surface area contributed by atoms with Crippen LogP contribution in [-0.4, -0.2) is 76.7 Å². The quantitative estimate of drug-likeness (QED) is 0.462. The Morgan fingerprint density at radius 3 is 2.58 bits per heavy atom. The van der Waals surface area contributed by atoms with Gasteiger partial charge in [-0.25, -0.2) is 0 Å². The van der Waals surface area contributed by atoms with Gasteiger partial charge in [0.25, 0.3) is 5.91 Å². The van der Waals surface area contributed by atoms with E-state index >= 15 is 0 Å². The third-order valence-corrected chi connectivity index (χ3v) is 9.33. The second-order valence-corrected chi connectivity index (χ2v) is 11.6. The Morgan fingerprint density at radius 1 is 1.17 bits per heavy atom. The highest BCUT2D eigenvalue weighted by atomic mass is 32.2. The van der Waals surface area contributed by atoms with Gasteiger partial charge in [-0.05, 0) is 36.6 Å². The first-order chi connectivity index (χ1) is 17.3. The lowest BCUT2D eigenvalue weighted by Crippen LogP contribution is -2.57. The number of hydrogen-bond acceptors (Lipinski definition) is 7. The Hall–Kier alpha value is -2.78. The van der Waals surface area contributed by atoms with Crippen LogP contribution in [0.25, 0.3) is 0 Å². The average Bonchev–Trinajstić information content (AvgIpc) is 3.17. The molecule has 2 fully saturated rings. The number of carbonyl (C=O) groups excluding carboxylic acids is 3. The smallest absolute Gasteiger partial charge is 0.311 e. The predicted octanol–water partition coefficient (Wildman–Crippen LogP) is 2.42. The summed E-state index contributed by atoms with van der Waals surface area (Å²) >= 11 is 1.50. The van der Waals surface area contributed by atoms with Gasteiger partial charge in [0, 0.05) is 17.5 Å². The van der Waals surface area contributed by atoms with E-state index in [0.29, 0.717) is 24.4 Å². The summed E-state index contributed by atoms with van der Waals surface area (Å²) in [6.07, 6.45) is 8.18. The van der Waals surface area contributed by atoms with Crippen LogP contribution in [0.1, 0.15) is 20.3 Å². The minimum Gasteiger partial charge on any atom is -0.497 e. The van der Waals surface area contributed by atoms with Gasteiger partial charge in [0.05, 0.1) is 36.3 Å². The van der Waals surface area contributed by atoms with Crippen LogP contribution in [0, 0.1) is 17.8 Å². The monoisotopic (exact) mass is 512 g/mol. The molecule has 1 aromatic carbocycles. The highest BCUT2D eigenvalue weighted by molar-refractivity contribution is 8.02. The molecule has 4 aliphatic heterocycles. The van der Waals surface area contributed by atoms with Gasteiger partial charge >= 0.3 is 5.97 Å². The number of methoxy groups -OCH3 is 1. The summed E-state index contributed by atoms with van der Waals surface area (Å²) in [6.45, 7) is 4.31. The first-order valence-electron chi connectivity index (χ1n) is 12.4. The van der Waals surface area contributed by atoms with Gasteiger partial charge in [0.1, 0.15) is 18.4 Å². The van der Waals surface area contributed by atoms with E-state index in [9.17, 15) is 19.5 Å². The molecule has 0 aromatic heterocycles. The van der Waals surface area contributed by atoms with E-state index in [4.69, 9.17) is 9.47 Å². The molecule has 8 nitrogen and oxygen atoms in total. The van der Waals surface area contributed by atoms with Crippen molar-refractivity contribution in [3.8, 4) is 5.75 Å². The normalized spacial score (nSPS) is 32.1. The summed E-state index contributed by atoms with van der Waals surface area (Å²) in [7, 11) is 1.59. The number of anilines is 1. The molecule has 1 N–H and O–H groups in total. The number of esters is 1. The third-order valence-electron chi connectivity index (χ3n) is 7.58. The number of aliphatic hydroxyl groups is 1. The lowest BCUT2D eigenvalue weighted by Gasteiger charge is -2.39. The number of rotatable bonds is 6. The molecule has 4 heterocycles. The maximum Gasteiger partial charge on any atom is 0.311 e. The largest absolute Gasteiger partial charge is 0.497 e. The second-order valence-electron chi connectivity index (χ2n) is 10.2. The topological polar surface area (TPSA) is 96.4 Å².